The highest BCUT2D eigenvalue weighted by atomic mass is 16.7. The van der Waals surface area contributed by atoms with Gasteiger partial charge in [0.1, 0.15) is 23.6 Å². The van der Waals surface area contributed by atoms with E-state index in [1.165, 1.54) is 13.8 Å². The molecule has 3 aliphatic rings. The molecule has 0 radical (unpaired) electrons. The van der Waals surface area contributed by atoms with Crippen LogP contribution < -0.4 is 19.5 Å². The van der Waals surface area contributed by atoms with Gasteiger partial charge in [-0.2, -0.15) is 0 Å². The van der Waals surface area contributed by atoms with Crippen LogP contribution in [0.25, 0.3) is 0 Å². The van der Waals surface area contributed by atoms with E-state index in [2.05, 4.69) is 17.1 Å². The van der Waals surface area contributed by atoms with Gasteiger partial charge in [0.05, 0.1) is 49.1 Å². The van der Waals surface area contributed by atoms with E-state index in [1.54, 1.807) is 65.0 Å². The lowest BCUT2D eigenvalue weighted by Gasteiger charge is -2.48. The van der Waals surface area contributed by atoms with Gasteiger partial charge in [-0.05, 0) is 98.9 Å². The topological polar surface area (TPSA) is 192 Å². The van der Waals surface area contributed by atoms with E-state index in [9.17, 15) is 30.0 Å². The number of rotatable bonds is 10. The standard InChI is InChI=1S/C45H78N4O12/c1-14-36-45(11,55)39(51)31(9)46-25-27(5)24-44(10,54)40(29(7)37(50)30(8)41(52)60-36)61-42-38(59-32-16-17-34(56-13)35(23-32)57-26(3)4)33(22-28(6)58-42)47(12)43(53)49-20-18-48(15-2)19-21-49/h16-17,23,26-31,33,36-40,42,46,50-51,54-55H,14-15,18-22,24-25H2,1-13H3/t27-,28-,29+,30-,31-,33+,36-,37+,38-,39-,40-,42+,44-,45-/m1/s1. The van der Waals surface area contributed by atoms with Crippen molar-refractivity contribution in [2.75, 3.05) is 53.4 Å². The predicted octanol–water partition coefficient (Wildman–Crippen LogP) is 3.64. The lowest BCUT2D eigenvalue weighted by molar-refractivity contribution is -0.294. The Morgan fingerprint density at radius 1 is 1.03 bits per heavy atom. The summed E-state index contributed by atoms with van der Waals surface area (Å²) in [7, 11) is 3.32. The summed E-state index contributed by atoms with van der Waals surface area (Å²) in [6.45, 7) is 23.5. The van der Waals surface area contributed by atoms with Crippen LogP contribution in [0.15, 0.2) is 18.2 Å². The number of esters is 1. The number of cyclic esters (lactones) is 1. The SMILES string of the molecule is CC[C@H]1OC(=O)[C@H](C)[C@@H](O)[C@H](C)[C@@H](O[C@@H]2O[C@H](C)C[C@H](N(C)C(=O)N3CCN(CC)CC3)[C@H]2Oc2ccc(OC)c(OC(C)C)c2)[C@](C)(O)C[C@@H](C)CN[C@H](C)[C@@H](O)[C@]1(C)O. The Morgan fingerprint density at radius 2 is 1.69 bits per heavy atom. The van der Waals surface area contributed by atoms with E-state index in [0.717, 1.165) is 19.6 Å². The summed E-state index contributed by atoms with van der Waals surface area (Å²) in [6.07, 6.45) is -6.86. The quantitative estimate of drug-likeness (QED) is 0.214. The van der Waals surface area contributed by atoms with E-state index in [-0.39, 0.29) is 30.9 Å². The number of piperazine rings is 1. The van der Waals surface area contributed by atoms with Crippen molar-refractivity contribution in [2.45, 2.75) is 168 Å². The highest BCUT2D eigenvalue weighted by molar-refractivity contribution is 5.75. The second-order valence-electron chi connectivity index (χ2n) is 18.6. The van der Waals surface area contributed by atoms with Crippen molar-refractivity contribution in [1.82, 2.24) is 20.0 Å². The Labute approximate surface area is 364 Å². The number of nitrogens with one attached hydrogen (secondary N) is 1. The number of carbonyl (C=O) groups excluding carboxylic acids is 2. The van der Waals surface area contributed by atoms with E-state index in [0.29, 0.717) is 43.3 Å². The van der Waals surface area contributed by atoms with Gasteiger partial charge in [-0.15, -0.1) is 0 Å². The smallest absolute Gasteiger partial charge is 0.320 e. The molecule has 0 unspecified atom stereocenters. The number of methoxy groups -OCH3 is 1. The molecule has 350 valence electrons. The molecule has 61 heavy (non-hydrogen) atoms. The van der Waals surface area contributed by atoms with Crippen molar-refractivity contribution in [2.24, 2.45) is 17.8 Å². The number of carbonyl (C=O) groups is 2. The van der Waals surface area contributed by atoms with E-state index in [4.69, 9.17) is 28.4 Å². The molecular weight excluding hydrogens is 789 g/mol. The average molecular weight is 867 g/mol. The average Bonchev–Trinajstić information content (AvgIpc) is 3.21. The Kier molecular flexibility index (Phi) is 18.0. The number of hydrogen-bond acceptors (Lipinski definition) is 14. The zero-order chi connectivity index (χ0) is 45.6. The summed E-state index contributed by atoms with van der Waals surface area (Å²) in [5, 5.41) is 50.6. The van der Waals surface area contributed by atoms with Crippen molar-refractivity contribution >= 4 is 12.0 Å². The second kappa shape index (κ2) is 21.6. The van der Waals surface area contributed by atoms with E-state index < -0.39 is 84.0 Å². The van der Waals surface area contributed by atoms with Crippen LogP contribution in [0.5, 0.6) is 17.2 Å². The second-order valence-corrected chi connectivity index (χ2v) is 18.6. The van der Waals surface area contributed by atoms with Gasteiger partial charge in [0, 0.05) is 51.3 Å². The lowest BCUT2D eigenvalue weighted by Crippen LogP contribution is -2.63. The molecule has 3 fully saturated rings. The van der Waals surface area contributed by atoms with Crippen LogP contribution in [0.3, 0.4) is 0 Å². The number of hydrogen-bond donors (Lipinski definition) is 5. The van der Waals surface area contributed by atoms with Gasteiger partial charge >= 0.3 is 12.0 Å². The van der Waals surface area contributed by atoms with Gasteiger partial charge in [0.2, 0.25) is 0 Å². The van der Waals surface area contributed by atoms with Gasteiger partial charge in [-0.1, -0.05) is 27.7 Å². The molecule has 0 aliphatic carbocycles. The third kappa shape index (κ3) is 12.4. The number of nitrogens with zero attached hydrogens (tertiary/aromatic N) is 3. The molecular formula is C45H78N4O12. The van der Waals surface area contributed by atoms with Gasteiger partial charge in [-0.25, -0.2) is 4.79 Å². The molecule has 2 amide bonds. The first-order valence-electron chi connectivity index (χ1n) is 22.4. The lowest BCUT2D eigenvalue weighted by atomic mass is 9.78. The van der Waals surface area contributed by atoms with Crippen LogP contribution in [0.1, 0.15) is 95.4 Å². The molecule has 0 spiro atoms. The third-order valence-corrected chi connectivity index (χ3v) is 12.9. The number of urea groups is 1. The largest absolute Gasteiger partial charge is 0.493 e. The molecule has 0 aromatic heterocycles. The van der Waals surface area contributed by atoms with E-state index >= 15 is 0 Å². The molecule has 3 heterocycles. The highest BCUT2D eigenvalue weighted by Gasteiger charge is 2.51. The normalized spacial score (nSPS) is 37.6. The number of benzene rings is 1. The van der Waals surface area contributed by atoms with Gasteiger partial charge in [-0.3, -0.25) is 4.79 Å². The summed E-state index contributed by atoms with van der Waals surface area (Å²) < 4.78 is 37.9. The zero-order valence-electron chi connectivity index (χ0n) is 39.0. The maximum Gasteiger partial charge on any atom is 0.320 e. The molecule has 14 atom stereocenters. The molecule has 5 N–H and O–H groups in total. The number of aliphatic hydroxyl groups excluding tert-OH is 2. The van der Waals surface area contributed by atoms with Gasteiger partial charge in [0.25, 0.3) is 0 Å². The number of ether oxygens (including phenoxy) is 6. The van der Waals surface area contributed by atoms with E-state index in [1.807, 2.05) is 32.6 Å². The van der Waals surface area contributed by atoms with Crippen LogP contribution in [-0.2, 0) is 19.0 Å². The van der Waals surface area contributed by atoms with Crippen LogP contribution >= 0.6 is 0 Å². The molecule has 1 aromatic rings. The van der Waals surface area contributed by atoms with Crippen molar-refractivity contribution in [3.05, 3.63) is 18.2 Å². The Morgan fingerprint density at radius 3 is 2.28 bits per heavy atom. The fourth-order valence-electron chi connectivity index (χ4n) is 9.20. The van der Waals surface area contributed by atoms with Crippen molar-refractivity contribution < 1.29 is 58.4 Å². The van der Waals surface area contributed by atoms with Crippen LogP contribution in [0, 0.1) is 17.8 Å². The molecule has 3 saturated heterocycles. The molecule has 3 aliphatic heterocycles. The Hall–Kier alpha value is -2.96. The van der Waals surface area contributed by atoms with Crippen molar-refractivity contribution in [3.63, 3.8) is 0 Å². The molecule has 0 bridgehead atoms. The third-order valence-electron chi connectivity index (χ3n) is 12.9. The van der Waals surface area contributed by atoms with Crippen LogP contribution in [-0.4, -0.2) is 173 Å². The molecule has 16 heteroatoms. The number of likely N-dealkylation sites (N-methyl/N-ethyl adjacent to an activating group) is 2. The minimum atomic E-state index is -1.81. The monoisotopic (exact) mass is 867 g/mol. The number of amides is 2. The molecule has 4 rings (SSSR count). The first-order chi connectivity index (χ1) is 28.6. The summed E-state index contributed by atoms with van der Waals surface area (Å²) in [6, 6.07) is 3.89. The molecule has 0 saturated carbocycles. The number of aliphatic hydroxyl groups is 4. The Bertz CT molecular complexity index is 1560. The van der Waals surface area contributed by atoms with Crippen molar-refractivity contribution in [3.8, 4) is 17.2 Å². The summed E-state index contributed by atoms with van der Waals surface area (Å²) in [5.41, 5.74) is -3.44. The minimum absolute atomic E-state index is 0.150. The maximum atomic E-state index is 14.3. The first-order valence-corrected chi connectivity index (χ1v) is 22.4. The fraction of sp³-hybridized carbons (Fsp3) is 0.822. The van der Waals surface area contributed by atoms with Crippen LogP contribution in [0.2, 0.25) is 0 Å². The van der Waals surface area contributed by atoms with Crippen LogP contribution in [0.4, 0.5) is 4.79 Å². The Balaban J connectivity index is 1.78. The summed E-state index contributed by atoms with van der Waals surface area (Å²) in [5.74, 6) is -1.61. The first kappa shape index (κ1) is 50.7. The molecule has 16 nitrogen and oxygen atoms in total. The van der Waals surface area contributed by atoms with Gasteiger partial charge in [0.15, 0.2) is 23.9 Å². The molecule has 1 aromatic carbocycles. The summed E-state index contributed by atoms with van der Waals surface area (Å²) in [4.78, 5) is 33.9. The predicted molar refractivity (Wildman–Crippen MR) is 231 cm³/mol. The van der Waals surface area contributed by atoms with Crippen molar-refractivity contribution in [1.29, 1.82) is 0 Å². The van der Waals surface area contributed by atoms with Gasteiger partial charge < -0.3 is 68.9 Å². The zero-order valence-corrected chi connectivity index (χ0v) is 39.0. The minimum Gasteiger partial charge on any atom is -0.493 e. The fourth-order valence-corrected chi connectivity index (χ4v) is 9.20. The maximum absolute atomic E-state index is 14.3. The highest BCUT2D eigenvalue weighted by Crippen LogP contribution is 2.39. The summed E-state index contributed by atoms with van der Waals surface area (Å²) >= 11 is 0.